The molecule has 3 N–H and O–H groups in total. The van der Waals surface area contributed by atoms with E-state index in [2.05, 4.69) is 0 Å². The van der Waals surface area contributed by atoms with Crippen LogP contribution in [0, 0.1) is 0 Å². The van der Waals surface area contributed by atoms with Crippen molar-refractivity contribution < 1.29 is 18.3 Å². The number of hydrogen-bond donors (Lipinski definition) is 2. The van der Waals surface area contributed by atoms with E-state index in [1.165, 1.54) is 12.1 Å². The van der Waals surface area contributed by atoms with Gasteiger partial charge in [0.2, 0.25) is 0 Å². The third-order valence-corrected chi connectivity index (χ3v) is 4.77. The number of carbonyl (C=O) groups is 1. The highest BCUT2D eigenvalue weighted by atomic mass is 32.2. The average Bonchev–Trinajstić information content (AvgIpc) is 2.35. The van der Waals surface area contributed by atoms with Crippen molar-refractivity contribution in [3.8, 4) is 0 Å². The molecule has 0 aromatic heterocycles. The van der Waals surface area contributed by atoms with Gasteiger partial charge in [-0.25, -0.2) is 13.2 Å². The highest BCUT2D eigenvalue weighted by Gasteiger charge is 2.13. The van der Waals surface area contributed by atoms with Crippen LogP contribution in [0.15, 0.2) is 18.2 Å². The molecule has 0 heterocycles. The summed E-state index contributed by atoms with van der Waals surface area (Å²) >= 11 is 0. The molecule has 0 aliphatic heterocycles. The second-order valence-corrected chi connectivity index (χ2v) is 6.96. The maximum Gasteiger partial charge on any atom is 0.335 e. The van der Waals surface area contributed by atoms with Crippen LogP contribution >= 0.6 is 0 Å². The molecule has 0 saturated carbocycles. The van der Waals surface area contributed by atoms with Gasteiger partial charge in [-0.15, -0.1) is 0 Å². The molecule has 0 bridgehead atoms. The zero-order chi connectivity index (χ0) is 15.3. The number of nitrogens with two attached hydrogens (primary N) is 1. The first-order chi connectivity index (χ1) is 9.26. The molecule has 0 unspecified atom stereocenters. The van der Waals surface area contributed by atoms with Gasteiger partial charge in [-0.1, -0.05) is 6.92 Å². The van der Waals surface area contributed by atoms with E-state index < -0.39 is 15.8 Å². The van der Waals surface area contributed by atoms with Crippen LogP contribution in [-0.2, 0) is 9.84 Å². The summed E-state index contributed by atoms with van der Waals surface area (Å²) in [7, 11) is -1.32. The predicted octanol–water partition coefficient (Wildman–Crippen LogP) is 1.23. The van der Waals surface area contributed by atoms with Gasteiger partial charge in [0.25, 0.3) is 0 Å². The Morgan fingerprint density at radius 3 is 2.50 bits per heavy atom. The molecule has 0 aliphatic rings. The van der Waals surface area contributed by atoms with Crippen molar-refractivity contribution in [2.24, 2.45) is 0 Å². The lowest BCUT2D eigenvalue weighted by Crippen LogP contribution is -2.27. The number of rotatable bonds is 7. The standard InChI is InChI=1S/C13H20N2O4S/c1-3-7-20(18,19)8-6-15(2)12-5-4-10(13(16)17)9-11(12)14/h4-5,9H,3,6-8,14H2,1-2H3,(H,16,17). The van der Waals surface area contributed by atoms with Crippen LogP contribution in [0.3, 0.4) is 0 Å². The Kier molecular flexibility index (Phi) is 5.38. The Morgan fingerprint density at radius 2 is 2.00 bits per heavy atom. The molecular weight excluding hydrogens is 280 g/mol. The van der Waals surface area contributed by atoms with Gasteiger partial charge >= 0.3 is 5.97 Å². The van der Waals surface area contributed by atoms with E-state index >= 15 is 0 Å². The van der Waals surface area contributed by atoms with Crippen LogP contribution in [0.5, 0.6) is 0 Å². The number of benzene rings is 1. The van der Waals surface area contributed by atoms with E-state index in [1.807, 2.05) is 6.92 Å². The number of aromatic carboxylic acids is 1. The second-order valence-electron chi connectivity index (χ2n) is 4.65. The van der Waals surface area contributed by atoms with E-state index in [0.29, 0.717) is 24.3 Å². The normalized spacial score (nSPS) is 11.3. The minimum atomic E-state index is -3.05. The summed E-state index contributed by atoms with van der Waals surface area (Å²) in [6.07, 6.45) is 0.599. The molecular formula is C13H20N2O4S. The lowest BCUT2D eigenvalue weighted by molar-refractivity contribution is 0.0697. The molecule has 7 heteroatoms. The first-order valence-corrected chi connectivity index (χ1v) is 8.13. The second kappa shape index (κ2) is 6.60. The number of nitrogens with zero attached hydrogens (tertiary/aromatic N) is 1. The highest BCUT2D eigenvalue weighted by Crippen LogP contribution is 2.23. The number of sulfone groups is 1. The van der Waals surface area contributed by atoms with Crippen molar-refractivity contribution in [3.05, 3.63) is 23.8 Å². The molecule has 20 heavy (non-hydrogen) atoms. The average molecular weight is 300 g/mol. The zero-order valence-corrected chi connectivity index (χ0v) is 12.5. The topological polar surface area (TPSA) is 101 Å². The molecule has 0 saturated heterocycles. The summed E-state index contributed by atoms with van der Waals surface area (Å²) in [4.78, 5) is 12.5. The molecule has 0 fully saturated rings. The van der Waals surface area contributed by atoms with Gasteiger partial charge in [-0.2, -0.15) is 0 Å². The molecule has 0 atom stereocenters. The Labute approximate surface area is 119 Å². The number of hydrogen-bond acceptors (Lipinski definition) is 5. The van der Waals surface area contributed by atoms with Gasteiger partial charge in [0.05, 0.1) is 22.7 Å². The van der Waals surface area contributed by atoms with Crippen molar-refractivity contribution in [2.45, 2.75) is 13.3 Å². The van der Waals surface area contributed by atoms with Gasteiger partial charge in [-0.05, 0) is 24.6 Å². The van der Waals surface area contributed by atoms with Gasteiger partial charge in [-0.3, -0.25) is 0 Å². The number of carboxylic acids is 1. The van der Waals surface area contributed by atoms with Crippen LogP contribution in [0.4, 0.5) is 11.4 Å². The molecule has 1 aromatic carbocycles. The lowest BCUT2D eigenvalue weighted by atomic mass is 10.1. The summed E-state index contributed by atoms with van der Waals surface area (Å²) in [5.74, 6) is -0.817. The van der Waals surface area contributed by atoms with Crippen molar-refractivity contribution >= 4 is 27.2 Å². The van der Waals surface area contributed by atoms with Gasteiger partial charge in [0, 0.05) is 19.3 Å². The van der Waals surface area contributed by atoms with E-state index in [4.69, 9.17) is 10.8 Å². The Balaban J connectivity index is 2.78. The highest BCUT2D eigenvalue weighted by molar-refractivity contribution is 7.91. The number of anilines is 2. The molecule has 0 spiro atoms. The molecule has 1 aromatic rings. The molecule has 0 amide bonds. The van der Waals surface area contributed by atoms with Crippen LogP contribution in [0.1, 0.15) is 23.7 Å². The Bertz CT molecular complexity index is 584. The van der Waals surface area contributed by atoms with Gasteiger partial charge in [0.1, 0.15) is 0 Å². The zero-order valence-electron chi connectivity index (χ0n) is 11.7. The number of carboxylic acid groups (broad SMARTS) is 1. The summed E-state index contributed by atoms with van der Waals surface area (Å²) < 4.78 is 23.3. The van der Waals surface area contributed by atoms with Crippen LogP contribution in [-0.4, -0.2) is 44.6 Å². The largest absolute Gasteiger partial charge is 0.478 e. The third kappa shape index (κ3) is 4.41. The van der Waals surface area contributed by atoms with Crippen LogP contribution < -0.4 is 10.6 Å². The van der Waals surface area contributed by atoms with Gasteiger partial charge < -0.3 is 15.7 Å². The van der Waals surface area contributed by atoms with Gasteiger partial charge in [0.15, 0.2) is 9.84 Å². The monoisotopic (exact) mass is 300 g/mol. The first kappa shape index (κ1) is 16.3. The van der Waals surface area contributed by atoms with Crippen molar-refractivity contribution in [1.29, 1.82) is 0 Å². The summed E-state index contributed by atoms with van der Waals surface area (Å²) in [5, 5.41) is 8.86. The summed E-state index contributed by atoms with van der Waals surface area (Å²) in [6, 6.07) is 4.41. The van der Waals surface area contributed by atoms with E-state index in [1.54, 1.807) is 18.0 Å². The predicted molar refractivity (Wildman–Crippen MR) is 80.0 cm³/mol. The van der Waals surface area contributed by atoms with E-state index in [9.17, 15) is 13.2 Å². The molecule has 0 aliphatic carbocycles. The van der Waals surface area contributed by atoms with Crippen molar-refractivity contribution in [1.82, 2.24) is 0 Å². The maximum atomic E-state index is 11.7. The molecule has 1 rings (SSSR count). The fraction of sp³-hybridized carbons (Fsp3) is 0.462. The molecule has 112 valence electrons. The lowest BCUT2D eigenvalue weighted by Gasteiger charge is -2.21. The quantitative estimate of drug-likeness (QED) is 0.734. The van der Waals surface area contributed by atoms with Crippen molar-refractivity contribution in [2.75, 3.05) is 35.7 Å². The maximum absolute atomic E-state index is 11.7. The Morgan fingerprint density at radius 1 is 1.35 bits per heavy atom. The molecule has 6 nitrogen and oxygen atoms in total. The Hall–Kier alpha value is -1.76. The van der Waals surface area contributed by atoms with E-state index in [0.717, 1.165) is 0 Å². The first-order valence-electron chi connectivity index (χ1n) is 6.31. The molecule has 0 radical (unpaired) electrons. The summed E-state index contributed by atoms with van der Waals surface area (Å²) in [6.45, 7) is 2.14. The minimum absolute atomic E-state index is 0.0530. The van der Waals surface area contributed by atoms with E-state index in [-0.39, 0.29) is 17.1 Å². The van der Waals surface area contributed by atoms with Crippen LogP contribution in [0.2, 0.25) is 0 Å². The van der Waals surface area contributed by atoms with Crippen molar-refractivity contribution in [3.63, 3.8) is 0 Å². The number of nitrogen functional groups attached to an aromatic ring is 1. The fourth-order valence-electron chi connectivity index (χ4n) is 1.84. The van der Waals surface area contributed by atoms with Crippen LogP contribution in [0.25, 0.3) is 0 Å². The minimum Gasteiger partial charge on any atom is -0.478 e. The smallest absolute Gasteiger partial charge is 0.335 e. The fourth-order valence-corrected chi connectivity index (χ4v) is 3.22. The SMILES string of the molecule is CCCS(=O)(=O)CCN(C)c1ccc(C(=O)O)cc1N. The summed E-state index contributed by atoms with van der Waals surface area (Å²) in [5.41, 5.74) is 6.86. The third-order valence-electron chi connectivity index (χ3n) is 2.94.